The zero-order valence-electron chi connectivity index (χ0n) is 21.7. The summed E-state index contributed by atoms with van der Waals surface area (Å²) in [6, 6.07) is -1.42. The van der Waals surface area contributed by atoms with E-state index in [1.807, 2.05) is 0 Å². The number of carbonyl (C=O) groups excluding carboxylic acids is 1. The fourth-order valence-corrected chi connectivity index (χ4v) is 4.74. The molecule has 3 aliphatic rings. The van der Waals surface area contributed by atoms with Crippen molar-refractivity contribution in [3.63, 3.8) is 0 Å². The summed E-state index contributed by atoms with van der Waals surface area (Å²) in [5.74, 6) is -0.645. The Labute approximate surface area is 229 Å². The zero-order valence-corrected chi connectivity index (χ0v) is 21.7. The van der Waals surface area contributed by atoms with Crippen molar-refractivity contribution in [3.8, 4) is 0 Å². The fourth-order valence-electron chi connectivity index (χ4n) is 4.74. The first-order valence-corrected chi connectivity index (χ1v) is 12.7. The normalized spacial score (nSPS) is 46.1. The Morgan fingerprint density at radius 1 is 0.725 bits per heavy atom. The van der Waals surface area contributed by atoms with Crippen molar-refractivity contribution in [2.75, 3.05) is 26.4 Å². The average Bonchev–Trinajstić information content (AvgIpc) is 2.93. The van der Waals surface area contributed by atoms with Crippen LogP contribution >= 0.6 is 0 Å². The van der Waals surface area contributed by atoms with Gasteiger partial charge in [0, 0.05) is 6.92 Å². The molecule has 0 spiro atoms. The first-order chi connectivity index (χ1) is 19.0. The molecule has 232 valence electrons. The van der Waals surface area contributed by atoms with Gasteiger partial charge in [-0.3, -0.25) is 4.79 Å². The minimum Gasteiger partial charge on any atom is -0.394 e. The molecule has 0 aromatic carbocycles. The number of rotatable bonds is 11. The summed E-state index contributed by atoms with van der Waals surface area (Å²) in [7, 11) is 0. The lowest BCUT2D eigenvalue weighted by Crippen LogP contribution is -2.68. The first kappa shape index (κ1) is 33.1. The Balaban J connectivity index is 1.82. The molecular formula is C23H39NO16. The molecular weight excluding hydrogens is 546 g/mol. The molecule has 3 saturated heterocycles. The molecule has 10 N–H and O–H groups in total. The van der Waals surface area contributed by atoms with Crippen LogP contribution < -0.4 is 5.32 Å². The summed E-state index contributed by atoms with van der Waals surface area (Å²) in [6.45, 7) is 2.28. The lowest BCUT2D eigenvalue weighted by Gasteiger charge is -2.48. The van der Waals surface area contributed by atoms with Crippen LogP contribution in [0.4, 0.5) is 0 Å². The van der Waals surface area contributed by atoms with Crippen LogP contribution in [0.1, 0.15) is 6.92 Å². The van der Waals surface area contributed by atoms with Gasteiger partial charge in [-0.2, -0.15) is 0 Å². The molecule has 17 heteroatoms. The summed E-state index contributed by atoms with van der Waals surface area (Å²) >= 11 is 0. The SMILES string of the molecule is C=CCO[C@@H]1O[C@H](CO)[C@@H](O[C@@H]2O[C@H](CO)[C@H](O)[C@H](O[C@@H]3O[C@H](CO)[C@@H](O)[C@H](O)[C@H]3NC(C)=O)[C@H]2O)[C@H](O)[C@H]1O. The summed E-state index contributed by atoms with van der Waals surface area (Å²) in [4.78, 5) is 11.7. The summed E-state index contributed by atoms with van der Waals surface area (Å²) in [5.41, 5.74) is 0. The van der Waals surface area contributed by atoms with Gasteiger partial charge in [0.05, 0.1) is 26.4 Å². The first-order valence-electron chi connectivity index (χ1n) is 12.7. The molecule has 0 radical (unpaired) electrons. The molecule has 1 amide bonds. The number of nitrogens with one attached hydrogen (secondary N) is 1. The minimum absolute atomic E-state index is 0.0385. The molecule has 0 aliphatic carbocycles. The Morgan fingerprint density at radius 2 is 1.27 bits per heavy atom. The summed E-state index contributed by atoms with van der Waals surface area (Å²) in [6.07, 6.45) is -21.0. The largest absolute Gasteiger partial charge is 0.394 e. The Morgan fingerprint density at radius 3 is 1.85 bits per heavy atom. The fraction of sp³-hybridized carbons (Fsp3) is 0.870. The van der Waals surface area contributed by atoms with Crippen LogP contribution in [0, 0.1) is 0 Å². The number of carbonyl (C=O) groups is 1. The second-order valence-corrected chi connectivity index (χ2v) is 9.67. The highest BCUT2D eigenvalue weighted by Crippen LogP contribution is 2.32. The minimum atomic E-state index is -1.89. The van der Waals surface area contributed by atoms with Gasteiger partial charge in [-0.05, 0) is 0 Å². The summed E-state index contributed by atoms with van der Waals surface area (Å²) in [5, 5.41) is 95.1. The standard InChI is InChI=1S/C23H39NO16/c1-3-4-35-22-17(33)16(32)19(11(7-27)38-22)39-23-18(34)20(14(30)10(6-26)37-23)40-21-12(24-8(2)28)15(31)13(29)9(5-25)36-21/h3,9-23,25-27,29-34H,1,4-7H2,2H3,(H,24,28)/t9-,10-,11-,12-,13-,14+,15-,16-,17-,18-,19-,20+,21+,22-,23+/m1/s1. The lowest BCUT2D eigenvalue weighted by atomic mass is 9.95. The maximum Gasteiger partial charge on any atom is 0.217 e. The van der Waals surface area contributed by atoms with E-state index in [2.05, 4.69) is 11.9 Å². The molecule has 0 saturated carbocycles. The van der Waals surface area contributed by atoms with E-state index in [4.69, 9.17) is 28.4 Å². The molecule has 15 atom stereocenters. The van der Waals surface area contributed by atoms with Gasteiger partial charge in [0.25, 0.3) is 0 Å². The monoisotopic (exact) mass is 585 g/mol. The van der Waals surface area contributed by atoms with Crippen LogP contribution in [0.2, 0.25) is 0 Å². The molecule has 3 aliphatic heterocycles. The molecule has 0 unspecified atom stereocenters. The van der Waals surface area contributed by atoms with Crippen molar-refractivity contribution in [1.82, 2.24) is 5.32 Å². The van der Waals surface area contributed by atoms with E-state index in [9.17, 15) is 50.8 Å². The van der Waals surface area contributed by atoms with Crippen LogP contribution in [0.15, 0.2) is 12.7 Å². The van der Waals surface area contributed by atoms with Crippen molar-refractivity contribution in [1.29, 1.82) is 0 Å². The molecule has 0 bridgehead atoms. The van der Waals surface area contributed by atoms with Gasteiger partial charge in [0.2, 0.25) is 5.91 Å². The van der Waals surface area contributed by atoms with E-state index in [1.165, 1.54) is 6.08 Å². The topological polar surface area (TPSA) is 267 Å². The van der Waals surface area contributed by atoms with Crippen LogP contribution in [-0.2, 0) is 33.2 Å². The van der Waals surface area contributed by atoms with E-state index in [0.29, 0.717) is 0 Å². The number of hydrogen-bond acceptors (Lipinski definition) is 16. The Bertz CT molecular complexity index is 820. The third kappa shape index (κ3) is 7.14. The van der Waals surface area contributed by atoms with Gasteiger partial charge in [0.15, 0.2) is 18.9 Å². The number of aliphatic hydroxyl groups is 9. The zero-order chi connectivity index (χ0) is 29.7. The number of ether oxygens (including phenoxy) is 6. The van der Waals surface area contributed by atoms with Gasteiger partial charge < -0.3 is 79.7 Å². The second kappa shape index (κ2) is 14.7. The van der Waals surface area contributed by atoms with Gasteiger partial charge in [-0.1, -0.05) is 6.08 Å². The number of amides is 1. The third-order valence-corrected chi connectivity index (χ3v) is 6.85. The van der Waals surface area contributed by atoms with Crippen molar-refractivity contribution < 1.29 is 79.2 Å². The van der Waals surface area contributed by atoms with Crippen molar-refractivity contribution >= 4 is 5.91 Å². The highest BCUT2D eigenvalue weighted by atomic mass is 16.8. The second-order valence-electron chi connectivity index (χ2n) is 9.67. The predicted molar refractivity (Wildman–Crippen MR) is 127 cm³/mol. The quantitative estimate of drug-likeness (QED) is 0.101. The third-order valence-electron chi connectivity index (χ3n) is 6.85. The van der Waals surface area contributed by atoms with E-state index < -0.39 is 118 Å². The van der Waals surface area contributed by atoms with E-state index >= 15 is 0 Å². The van der Waals surface area contributed by atoms with Crippen LogP contribution in [0.3, 0.4) is 0 Å². The van der Waals surface area contributed by atoms with Crippen molar-refractivity contribution in [2.24, 2.45) is 0 Å². The average molecular weight is 586 g/mol. The van der Waals surface area contributed by atoms with Gasteiger partial charge in [-0.25, -0.2) is 0 Å². The number of hydrogen-bond donors (Lipinski definition) is 10. The Kier molecular flexibility index (Phi) is 12.1. The molecule has 40 heavy (non-hydrogen) atoms. The highest BCUT2D eigenvalue weighted by molar-refractivity contribution is 5.73. The van der Waals surface area contributed by atoms with Gasteiger partial charge in [-0.15, -0.1) is 6.58 Å². The summed E-state index contributed by atoms with van der Waals surface area (Å²) < 4.78 is 33.0. The predicted octanol–water partition coefficient (Wildman–Crippen LogP) is -6.22. The van der Waals surface area contributed by atoms with Gasteiger partial charge >= 0.3 is 0 Å². The van der Waals surface area contributed by atoms with E-state index in [1.54, 1.807) is 0 Å². The van der Waals surface area contributed by atoms with E-state index in [0.717, 1.165) is 6.92 Å². The molecule has 3 heterocycles. The molecule has 3 fully saturated rings. The van der Waals surface area contributed by atoms with Crippen LogP contribution in [-0.4, -0.2) is 170 Å². The molecule has 3 rings (SSSR count). The van der Waals surface area contributed by atoms with Crippen LogP contribution in [0.5, 0.6) is 0 Å². The van der Waals surface area contributed by atoms with Crippen LogP contribution in [0.25, 0.3) is 0 Å². The highest BCUT2D eigenvalue weighted by Gasteiger charge is 2.54. The molecule has 17 nitrogen and oxygen atoms in total. The molecule has 0 aromatic heterocycles. The lowest BCUT2D eigenvalue weighted by molar-refractivity contribution is -0.374. The molecule has 0 aromatic rings. The van der Waals surface area contributed by atoms with Gasteiger partial charge in [0.1, 0.15) is 73.2 Å². The van der Waals surface area contributed by atoms with Crippen molar-refractivity contribution in [3.05, 3.63) is 12.7 Å². The maximum absolute atomic E-state index is 11.7. The van der Waals surface area contributed by atoms with Crippen molar-refractivity contribution in [2.45, 2.75) is 99.0 Å². The maximum atomic E-state index is 11.7. The Hall–Kier alpha value is -1.39. The smallest absolute Gasteiger partial charge is 0.217 e. The number of aliphatic hydroxyl groups excluding tert-OH is 9. The van der Waals surface area contributed by atoms with E-state index in [-0.39, 0.29) is 6.61 Å².